The molecule has 0 aromatic heterocycles. The molecule has 0 bridgehead atoms. The molecule has 2 aromatic rings. The van der Waals surface area contributed by atoms with E-state index in [0.717, 1.165) is 24.0 Å². The number of aromatic hydroxyl groups is 1. The lowest BCUT2D eigenvalue weighted by molar-refractivity contribution is 0.0978. The molecule has 0 atom stereocenters. The molecule has 0 aliphatic heterocycles. The van der Waals surface area contributed by atoms with Crippen molar-refractivity contribution in [2.45, 2.75) is 64.9 Å². The molecule has 0 aliphatic carbocycles. The molecule has 0 fully saturated rings. The molecule has 2 rings (SSSR count). The van der Waals surface area contributed by atoms with Gasteiger partial charge < -0.3 is 9.84 Å². The van der Waals surface area contributed by atoms with E-state index in [2.05, 4.69) is 6.92 Å². The number of rotatable bonds is 13. The summed E-state index contributed by atoms with van der Waals surface area (Å²) in [7, 11) is 0. The first kappa shape index (κ1) is 21.7. The van der Waals surface area contributed by atoms with Crippen LogP contribution in [-0.4, -0.2) is 17.2 Å². The average molecular weight is 383 g/mol. The lowest BCUT2D eigenvalue weighted by Crippen LogP contribution is -2.01. The van der Waals surface area contributed by atoms with Gasteiger partial charge in [0.25, 0.3) is 0 Å². The first-order chi connectivity index (χ1) is 13.6. The second kappa shape index (κ2) is 12.0. The van der Waals surface area contributed by atoms with Gasteiger partial charge in [-0.3, -0.25) is 9.59 Å². The summed E-state index contributed by atoms with van der Waals surface area (Å²) in [4.78, 5) is 23.0. The first-order valence-corrected chi connectivity index (χ1v) is 10.2. The molecule has 0 spiro atoms. The molecule has 0 aliphatic rings. The van der Waals surface area contributed by atoms with Crippen LogP contribution in [0.25, 0.3) is 0 Å². The molecular formula is C24H30O4. The van der Waals surface area contributed by atoms with Gasteiger partial charge in [0.1, 0.15) is 18.1 Å². The molecule has 4 heteroatoms. The number of hydrogen-bond acceptors (Lipinski definition) is 4. The SMILES string of the molecule is CCCCCCCCCC(=O)c1ccc(COc2ccc(C=O)c(O)c2)cc1. The Kier molecular flexibility index (Phi) is 9.26. The number of unbranched alkanes of at least 4 members (excludes halogenated alkanes) is 6. The summed E-state index contributed by atoms with van der Waals surface area (Å²) in [5.74, 6) is 0.580. The zero-order valence-corrected chi connectivity index (χ0v) is 16.7. The van der Waals surface area contributed by atoms with Crippen LogP contribution < -0.4 is 4.74 Å². The van der Waals surface area contributed by atoms with Gasteiger partial charge in [-0.1, -0.05) is 69.7 Å². The van der Waals surface area contributed by atoms with Crippen LogP contribution in [0, 0.1) is 0 Å². The summed E-state index contributed by atoms with van der Waals surface area (Å²) in [6.07, 6.45) is 9.63. The van der Waals surface area contributed by atoms with Gasteiger partial charge >= 0.3 is 0 Å². The maximum absolute atomic E-state index is 12.3. The van der Waals surface area contributed by atoms with Crippen molar-refractivity contribution in [2.75, 3.05) is 0 Å². The number of phenolic OH excluding ortho intramolecular Hbond substituents is 1. The van der Waals surface area contributed by atoms with Crippen molar-refractivity contribution in [3.05, 3.63) is 59.2 Å². The van der Waals surface area contributed by atoms with E-state index in [1.165, 1.54) is 44.2 Å². The van der Waals surface area contributed by atoms with E-state index in [9.17, 15) is 14.7 Å². The Morgan fingerprint density at radius 3 is 2.29 bits per heavy atom. The summed E-state index contributed by atoms with van der Waals surface area (Å²) in [6.45, 7) is 2.54. The highest BCUT2D eigenvalue weighted by molar-refractivity contribution is 5.96. The number of ether oxygens (including phenoxy) is 1. The van der Waals surface area contributed by atoms with Crippen molar-refractivity contribution in [3.63, 3.8) is 0 Å². The van der Waals surface area contributed by atoms with Crippen LogP contribution in [0.1, 0.15) is 84.6 Å². The highest BCUT2D eigenvalue weighted by Gasteiger charge is 2.07. The highest BCUT2D eigenvalue weighted by atomic mass is 16.5. The van der Waals surface area contributed by atoms with E-state index >= 15 is 0 Å². The fourth-order valence-electron chi connectivity index (χ4n) is 3.05. The van der Waals surface area contributed by atoms with E-state index in [0.29, 0.717) is 25.1 Å². The van der Waals surface area contributed by atoms with Crippen LogP contribution in [0.4, 0.5) is 0 Å². The van der Waals surface area contributed by atoms with Gasteiger partial charge in [-0.25, -0.2) is 0 Å². The number of aldehydes is 1. The summed E-state index contributed by atoms with van der Waals surface area (Å²) in [5.41, 5.74) is 1.91. The van der Waals surface area contributed by atoms with Gasteiger partial charge in [0.15, 0.2) is 12.1 Å². The third-order valence-corrected chi connectivity index (χ3v) is 4.82. The minimum absolute atomic E-state index is 0.0983. The largest absolute Gasteiger partial charge is 0.507 e. The van der Waals surface area contributed by atoms with Crippen LogP contribution in [0.3, 0.4) is 0 Å². The molecular weight excluding hydrogens is 352 g/mol. The molecule has 0 unspecified atom stereocenters. The third-order valence-electron chi connectivity index (χ3n) is 4.82. The predicted molar refractivity (Wildman–Crippen MR) is 111 cm³/mol. The van der Waals surface area contributed by atoms with Crippen molar-refractivity contribution in [3.8, 4) is 11.5 Å². The molecule has 0 radical (unpaired) electrons. The van der Waals surface area contributed by atoms with Crippen molar-refractivity contribution < 1.29 is 19.4 Å². The fourth-order valence-corrected chi connectivity index (χ4v) is 3.05. The van der Waals surface area contributed by atoms with Crippen molar-refractivity contribution in [1.29, 1.82) is 0 Å². The predicted octanol–water partition coefficient (Wildman–Crippen LogP) is 6.11. The maximum atomic E-state index is 12.3. The quantitative estimate of drug-likeness (QED) is 0.258. The molecule has 150 valence electrons. The number of carbonyl (C=O) groups is 2. The molecule has 2 aromatic carbocycles. The second-order valence-electron chi connectivity index (χ2n) is 7.12. The van der Waals surface area contributed by atoms with Gasteiger partial charge in [-0.05, 0) is 24.1 Å². The average Bonchev–Trinajstić information content (AvgIpc) is 2.72. The molecule has 0 saturated carbocycles. The van der Waals surface area contributed by atoms with Crippen LogP contribution in [0.2, 0.25) is 0 Å². The Morgan fingerprint density at radius 1 is 0.964 bits per heavy atom. The number of carbonyl (C=O) groups excluding carboxylic acids is 2. The van der Waals surface area contributed by atoms with Gasteiger partial charge in [-0.15, -0.1) is 0 Å². The Bertz CT molecular complexity index is 750. The Labute approximate surface area is 167 Å². The van der Waals surface area contributed by atoms with Gasteiger partial charge in [0.05, 0.1) is 5.56 Å². The molecule has 0 heterocycles. The number of benzene rings is 2. The smallest absolute Gasteiger partial charge is 0.162 e. The number of ketones is 1. The lowest BCUT2D eigenvalue weighted by atomic mass is 10.0. The summed E-state index contributed by atoms with van der Waals surface area (Å²) in [5, 5.41) is 9.68. The van der Waals surface area contributed by atoms with E-state index in [-0.39, 0.29) is 17.1 Å². The summed E-state index contributed by atoms with van der Waals surface area (Å²) < 4.78 is 5.63. The van der Waals surface area contributed by atoms with Crippen LogP contribution in [0.15, 0.2) is 42.5 Å². The minimum Gasteiger partial charge on any atom is -0.507 e. The normalized spacial score (nSPS) is 10.6. The highest BCUT2D eigenvalue weighted by Crippen LogP contribution is 2.23. The monoisotopic (exact) mass is 382 g/mol. The van der Waals surface area contributed by atoms with Crippen molar-refractivity contribution >= 4 is 12.1 Å². The number of Topliss-reactive ketones (excluding diaryl/α,β-unsaturated/α-hetero) is 1. The standard InChI is InChI=1S/C24H30O4/c1-2-3-4-5-6-7-8-9-23(26)20-12-10-19(11-13-20)18-28-22-15-14-21(17-25)24(27)16-22/h10-17,27H,2-9,18H2,1H3. The van der Waals surface area contributed by atoms with E-state index in [1.54, 1.807) is 6.07 Å². The molecule has 4 nitrogen and oxygen atoms in total. The van der Waals surface area contributed by atoms with Crippen molar-refractivity contribution in [1.82, 2.24) is 0 Å². The Balaban J connectivity index is 1.74. The zero-order valence-electron chi connectivity index (χ0n) is 16.7. The Morgan fingerprint density at radius 2 is 1.64 bits per heavy atom. The summed E-state index contributed by atoms with van der Waals surface area (Å²) in [6, 6.07) is 12.0. The van der Waals surface area contributed by atoms with E-state index < -0.39 is 0 Å². The van der Waals surface area contributed by atoms with Gasteiger partial charge in [0.2, 0.25) is 0 Å². The first-order valence-electron chi connectivity index (χ1n) is 10.2. The van der Waals surface area contributed by atoms with Crippen molar-refractivity contribution in [2.24, 2.45) is 0 Å². The second-order valence-corrected chi connectivity index (χ2v) is 7.12. The molecule has 0 saturated heterocycles. The lowest BCUT2D eigenvalue weighted by Gasteiger charge is -2.08. The zero-order chi connectivity index (χ0) is 20.2. The van der Waals surface area contributed by atoms with Crippen LogP contribution in [-0.2, 0) is 6.61 Å². The number of hydrogen-bond donors (Lipinski definition) is 1. The van der Waals surface area contributed by atoms with E-state index in [4.69, 9.17) is 4.74 Å². The molecule has 1 N–H and O–H groups in total. The topological polar surface area (TPSA) is 63.6 Å². The van der Waals surface area contributed by atoms with Gasteiger partial charge in [0, 0.05) is 18.1 Å². The Hall–Kier alpha value is -2.62. The minimum atomic E-state index is -0.0983. The van der Waals surface area contributed by atoms with Crippen LogP contribution in [0.5, 0.6) is 11.5 Å². The molecule has 28 heavy (non-hydrogen) atoms. The van der Waals surface area contributed by atoms with E-state index in [1.807, 2.05) is 24.3 Å². The van der Waals surface area contributed by atoms with Gasteiger partial charge in [-0.2, -0.15) is 0 Å². The maximum Gasteiger partial charge on any atom is 0.162 e. The molecule has 0 amide bonds. The number of phenols is 1. The van der Waals surface area contributed by atoms with Crippen LogP contribution >= 0.6 is 0 Å². The third kappa shape index (κ3) is 7.18. The summed E-state index contributed by atoms with van der Waals surface area (Å²) >= 11 is 0. The fraction of sp³-hybridized carbons (Fsp3) is 0.417.